The molecule has 3 rings (SSSR count). The van der Waals surface area contributed by atoms with E-state index < -0.39 is 15.9 Å². The topological polar surface area (TPSA) is 84.9 Å². The van der Waals surface area contributed by atoms with Crippen molar-refractivity contribution < 1.29 is 22.7 Å². The highest BCUT2D eigenvalue weighted by Crippen LogP contribution is 2.25. The van der Waals surface area contributed by atoms with Gasteiger partial charge in [0.1, 0.15) is 24.7 Å². The van der Waals surface area contributed by atoms with Crippen LogP contribution in [0.1, 0.15) is 6.92 Å². The van der Waals surface area contributed by atoms with Gasteiger partial charge in [0.05, 0.1) is 25.1 Å². The fraction of sp³-hybridized carbons (Fsp3) is 0.261. The number of rotatable bonds is 10. The average Bonchev–Trinajstić information content (AvgIpc) is 2.75. The van der Waals surface area contributed by atoms with Crippen molar-refractivity contribution in [2.75, 3.05) is 36.9 Å². The molecule has 0 aliphatic rings. The lowest BCUT2D eigenvalue weighted by molar-refractivity contribution is -0.119. The maximum atomic E-state index is 12.4. The summed E-state index contributed by atoms with van der Waals surface area (Å²) in [7, 11) is -3.64. The fourth-order valence-corrected chi connectivity index (χ4v) is 3.99. The number of hydrogen-bond acceptors (Lipinski definition) is 5. The van der Waals surface area contributed by atoms with Gasteiger partial charge in [0, 0.05) is 5.39 Å². The van der Waals surface area contributed by atoms with Crippen LogP contribution in [0, 0.1) is 0 Å². The lowest BCUT2D eigenvalue weighted by Crippen LogP contribution is -2.41. The molecule has 0 atom stereocenters. The molecule has 8 heteroatoms. The first-order valence-corrected chi connectivity index (χ1v) is 11.8. The van der Waals surface area contributed by atoms with Crippen LogP contribution in [0.4, 0.5) is 5.69 Å². The van der Waals surface area contributed by atoms with Crippen molar-refractivity contribution in [2.24, 2.45) is 0 Å². The molecule has 7 nitrogen and oxygen atoms in total. The van der Waals surface area contributed by atoms with E-state index >= 15 is 0 Å². The molecule has 0 saturated heterocycles. The molecule has 31 heavy (non-hydrogen) atoms. The largest absolute Gasteiger partial charge is 0.494 e. The third-order valence-electron chi connectivity index (χ3n) is 4.55. The van der Waals surface area contributed by atoms with E-state index in [1.807, 2.05) is 49.4 Å². The molecule has 3 aromatic carbocycles. The van der Waals surface area contributed by atoms with E-state index in [1.54, 1.807) is 24.3 Å². The summed E-state index contributed by atoms with van der Waals surface area (Å²) in [6.45, 7) is 2.58. The van der Waals surface area contributed by atoms with Crippen LogP contribution in [0.15, 0.2) is 66.7 Å². The first-order chi connectivity index (χ1) is 14.9. The molecule has 3 aromatic rings. The Morgan fingerprint density at radius 3 is 2.39 bits per heavy atom. The van der Waals surface area contributed by atoms with E-state index in [0.29, 0.717) is 18.0 Å². The smallest absolute Gasteiger partial charge is 0.240 e. The first-order valence-electron chi connectivity index (χ1n) is 9.96. The molecule has 0 saturated carbocycles. The van der Waals surface area contributed by atoms with Crippen molar-refractivity contribution in [2.45, 2.75) is 6.92 Å². The Bertz CT molecular complexity index is 1120. The molecule has 0 heterocycles. The summed E-state index contributed by atoms with van der Waals surface area (Å²) in [5.74, 6) is 0.954. The standard InChI is InChI=1S/C23H26N2O5S/c1-3-29-20-13-11-19(12-14-20)25(31(2,27)28)17-23(26)24-15-16-30-22-10-6-8-18-7-4-5-9-21(18)22/h4-14H,3,15-17H2,1-2H3,(H,24,26). The second-order valence-corrected chi connectivity index (χ2v) is 8.78. The van der Waals surface area contributed by atoms with Gasteiger partial charge in [-0.05, 0) is 42.6 Å². The molecule has 0 spiro atoms. The van der Waals surface area contributed by atoms with Gasteiger partial charge in [0.25, 0.3) is 0 Å². The van der Waals surface area contributed by atoms with Crippen LogP contribution in [-0.4, -0.2) is 46.9 Å². The van der Waals surface area contributed by atoms with Crippen molar-refractivity contribution in [3.05, 3.63) is 66.7 Å². The van der Waals surface area contributed by atoms with E-state index in [1.165, 1.54) is 0 Å². The molecule has 0 fully saturated rings. The summed E-state index contributed by atoms with van der Waals surface area (Å²) in [5.41, 5.74) is 0.396. The summed E-state index contributed by atoms with van der Waals surface area (Å²) < 4.78 is 36.7. The molecule has 0 aromatic heterocycles. The van der Waals surface area contributed by atoms with E-state index in [-0.39, 0.29) is 19.7 Å². The minimum absolute atomic E-state index is 0.253. The quantitative estimate of drug-likeness (QED) is 0.488. The van der Waals surface area contributed by atoms with Gasteiger partial charge < -0.3 is 14.8 Å². The summed E-state index contributed by atoms with van der Waals surface area (Å²) in [4.78, 5) is 12.4. The second-order valence-electron chi connectivity index (χ2n) is 6.87. The lowest BCUT2D eigenvalue weighted by Gasteiger charge is -2.22. The van der Waals surface area contributed by atoms with Gasteiger partial charge in [-0.25, -0.2) is 8.42 Å². The molecular weight excluding hydrogens is 416 g/mol. The third kappa shape index (κ3) is 6.11. The average molecular weight is 443 g/mol. The number of carbonyl (C=O) groups excluding carboxylic acids is 1. The van der Waals surface area contributed by atoms with Crippen molar-refractivity contribution in [3.63, 3.8) is 0 Å². The predicted octanol–water partition coefficient (Wildman–Crippen LogP) is 3.20. The van der Waals surface area contributed by atoms with Gasteiger partial charge in [-0.15, -0.1) is 0 Å². The minimum atomic E-state index is -3.64. The molecule has 1 amide bonds. The maximum Gasteiger partial charge on any atom is 0.240 e. The van der Waals surface area contributed by atoms with E-state index in [0.717, 1.165) is 27.1 Å². The van der Waals surface area contributed by atoms with E-state index in [4.69, 9.17) is 9.47 Å². The Morgan fingerprint density at radius 1 is 0.968 bits per heavy atom. The Morgan fingerprint density at radius 2 is 1.68 bits per heavy atom. The molecule has 1 N–H and O–H groups in total. The van der Waals surface area contributed by atoms with Crippen molar-refractivity contribution in [1.29, 1.82) is 0 Å². The number of anilines is 1. The highest BCUT2D eigenvalue weighted by molar-refractivity contribution is 7.92. The van der Waals surface area contributed by atoms with Gasteiger partial charge >= 0.3 is 0 Å². The van der Waals surface area contributed by atoms with Crippen LogP contribution in [0.3, 0.4) is 0 Å². The Balaban J connectivity index is 1.56. The lowest BCUT2D eigenvalue weighted by atomic mass is 10.1. The van der Waals surface area contributed by atoms with Crippen molar-refractivity contribution in [1.82, 2.24) is 5.32 Å². The summed E-state index contributed by atoms with van der Waals surface area (Å²) >= 11 is 0. The number of carbonyl (C=O) groups is 1. The van der Waals surface area contributed by atoms with Crippen LogP contribution in [0.5, 0.6) is 11.5 Å². The monoisotopic (exact) mass is 442 g/mol. The van der Waals surface area contributed by atoms with Gasteiger partial charge in [0.2, 0.25) is 15.9 Å². The minimum Gasteiger partial charge on any atom is -0.494 e. The van der Waals surface area contributed by atoms with Crippen LogP contribution in [-0.2, 0) is 14.8 Å². The molecular formula is C23H26N2O5S. The molecule has 0 aliphatic heterocycles. The Hall–Kier alpha value is -3.26. The highest BCUT2D eigenvalue weighted by atomic mass is 32.2. The van der Waals surface area contributed by atoms with Crippen LogP contribution in [0.25, 0.3) is 10.8 Å². The van der Waals surface area contributed by atoms with Crippen molar-refractivity contribution in [3.8, 4) is 11.5 Å². The summed E-state index contributed by atoms with van der Waals surface area (Å²) in [6, 6.07) is 20.3. The first kappa shape index (κ1) is 22.4. The number of benzene rings is 3. The van der Waals surface area contributed by atoms with Gasteiger partial charge in [-0.1, -0.05) is 36.4 Å². The summed E-state index contributed by atoms with van der Waals surface area (Å²) in [5, 5.41) is 4.78. The normalized spacial score (nSPS) is 11.2. The SMILES string of the molecule is CCOc1ccc(N(CC(=O)NCCOc2cccc3ccccc23)S(C)(=O)=O)cc1. The maximum absolute atomic E-state index is 12.4. The molecule has 164 valence electrons. The zero-order valence-corrected chi connectivity index (χ0v) is 18.4. The molecule has 0 aliphatic carbocycles. The number of ether oxygens (including phenoxy) is 2. The van der Waals surface area contributed by atoms with Crippen LogP contribution >= 0.6 is 0 Å². The number of fused-ring (bicyclic) bond motifs is 1. The molecule has 0 radical (unpaired) electrons. The predicted molar refractivity (Wildman–Crippen MR) is 122 cm³/mol. The van der Waals surface area contributed by atoms with Crippen molar-refractivity contribution >= 4 is 32.4 Å². The highest BCUT2D eigenvalue weighted by Gasteiger charge is 2.20. The van der Waals surface area contributed by atoms with Gasteiger partial charge in [-0.2, -0.15) is 0 Å². The number of sulfonamides is 1. The number of hydrogen-bond donors (Lipinski definition) is 1. The fourth-order valence-electron chi connectivity index (χ4n) is 3.13. The molecule has 0 unspecified atom stereocenters. The number of nitrogens with zero attached hydrogens (tertiary/aromatic N) is 1. The summed E-state index contributed by atoms with van der Waals surface area (Å²) in [6.07, 6.45) is 1.07. The van der Waals surface area contributed by atoms with E-state index in [2.05, 4.69) is 5.32 Å². The van der Waals surface area contributed by atoms with Gasteiger partial charge in [0.15, 0.2) is 0 Å². The Labute approximate surface area is 182 Å². The van der Waals surface area contributed by atoms with Crippen LogP contribution in [0.2, 0.25) is 0 Å². The number of nitrogens with one attached hydrogen (secondary N) is 1. The second kappa shape index (κ2) is 10.2. The zero-order valence-electron chi connectivity index (χ0n) is 17.6. The third-order valence-corrected chi connectivity index (χ3v) is 5.70. The van der Waals surface area contributed by atoms with Gasteiger partial charge in [-0.3, -0.25) is 9.10 Å². The Kier molecular flexibility index (Phi) is 7.36. The molecule has 0 bridgehead atoms. The zero-order chi connectivity index (χ0) is 22.3. The van der Waals surface area contributed by atoms with Crippen LogP contribution < -0.4 is 19.1 Å². The number of amides is 1. The van der Waals surface area contributed by atoms with E-state index in [9.17, 15) is 13.2 Å².